The molecule has 6 heteroatoms. The molecule has 26 heavy (non-hydrogen) atoms. The maximum Gasteiger partial charge on any atom is 0.324 e. The number of pyridine rings is 1. The molecular formula is C20H31FN2O3. The topological polar surface area (TPSA) is 51.7 Å². The van der Waals surface area contributed by atoms with Crippen molar-refractivity contribution in [2.75, 3.05) is 19.8 Å². The Morgan fingerprint density at radius 1 is 1.31 bits per heavy atom. The fourth-order valence-electron chi connectivity index (χ4n) is 3.44. The molecule has 1 fully saturated rings. The summed E-state index contributed by atoms with van der Waals surface area (Å²) in [4.78, 5) is 18.8. The van der Waals surface area contributed by atoms with E-state index in [0.29, 0.717) is 18.7 Å². The van der Waals surface area contributed by atoms with Crippen LogP contribution in [-0.4, -0.2) is 53.3 Å². The van der Waals surface area contributed by atoms with E-state index in [1.54, 1.807) is 31.5 Å². The Morgan fingerprint density at radius 2 is 1.92 bits per heavy atom. The third-order valence-electron chi connectivity index (χ3n) is 4.68. The minimum absolute atomic E-state index is 0.0151. The molecule has 2 rings (SSSR count). The van der Waals surface area contributed by atoms with Gasteiger partial charge in [-0.2, -0.15) is 0 Å². The normalized spacial score (nSPS) is 22.7. The molecule has 2 heterocycles. The summed E-state index contributed by atoms with van der Waals surface area (Å²) in [6.45, 7) is 12.2. The van der Waals surface area contributed by atoms with Crippen molar-refractivity contribution in [3.8, 4) is 0 Å². The first-order valence-corrected chi connectivity index (χ1v) is 9.20. The number of alkyl halides is 1. The van der Waals surface area contributed by atoms with E-state index in [2.05, 4.69) is 4.98 Å². The Hall–Kier alpha value is -1.53. The van der Waals surface area contributed by atoms with Crippen molar-refractivity contribution in [1.29, 1.82) is 0 Å². The standard InChI is InChI=1S/C20H31FN2O3/c1-14(2)17(18(24)26-19(3,4)5)23-11-12-25-13-16(23)20(6,21)15-7-9-22-10-8-15/h7-10,14,16-17H,11-13H2,1-6H3/t16-,17+,20-/m1/s1. The summed E-state index contributed by atoms with van der Waals surface area (Å²) in [5.41, 5.74) is -1.74. The minimum atomic E-state index is -1.68. The Labute approximate surface area is 155 Å². The Balaban J connectivity index is 2.34. The molecule has 0 bridgehead atoms. The molecule has 146 valence electrons. The van der Waals surface area contributed by atoms with Gasteiger partial charge in [0.2, 0.25) is 0 Å². The van der Waals surface area contributed by atoms with Crippen LogP contribution in [-0.2, 0) is 19.9 Å². The number of ether oxygens (including phenoxy) is 2. The van der Waals surface area contributed by atoms with E-state index in [1.165, 1.54) is 0 Å². The second-order valence-electron chi connectivity index (χ2n) is 8.36. The van der Waals surface area contributed by atoms with Gasteiger partial charge in [0.05, 0.1) is 19.3 Å². The van der Waals surface area contributed by atoms with Gasteiger partial charge in [-0.3, -0.25) is 14.7 Å². The second kappa shape index (κ2) is 8.01. The molecule has 1 aliphatic rings. The molecule has 1 aromatic rings. The highest BCUT2D eigenvalue weighted by Gasteiger charge is 2.47. The highest BCUT2D eigenvalue weighted by Crippen LogP contribution is 2.36. The van der Waals surface area contributed by atoms with E-state index >= 15 is 4.39 Å². The van der Waals surface area contributed by atoms with Gasteiger partial charge in [0, 0.05) is 18.9 Å². The van der Waals surface area contributed by atoms with E-state index < -0.39 is 23.4 Å². The zero-order valence-electron chi connectivity index (χ0n) is 16.7. The van der Waals surface area contributed by atoms with Gasteiger partial charge in [0.15, 0.2) is 5.67 Å². The van der Waals surface area contributed by atoms with Gasteiger partial charge in [-0.25, -0.2) is 4.39 Å². The monoisotopic (exact) mass is 366 g/mol. The summed E-state index contributed by atoms with van der Waals surface area (Å²) < 4.78 is 27.1. The Kier molecular flexibility index (Phi) is 6.40. The maximum atomic E-state index is 15.9. The average molecular weight is 366 g/mol. The first-order chi connectivity index (χ1) is 12.0. The average Bonchev–Trinajstić information content (AvgIpc) is 2.54. The first kappa shape index (κ1) is 20.8. The molecule has 0 radical (unpaired) electrons. The van der Waals surface area contributed by atoms with Gasteiger partial charge in [-0.1, -0.05) is 13.8 Å². The molecule has 1 aromatic heterocycles. The number of hydrogen-bond acceptors (Lipinski definition) is 5. The molecule has 1 saturated heterocycles. The van der Waals surface area contributed by atoms with E-state index in [-0.39, 0.29) is 18.5 Å². The van der Waals surface area contributed by atoms with E-state index in [0.717, 1.165) is 0 Å². The molecule has 0 N–H and O–H groups in total. The quantitative estimate of drug-likeness (QED) is 0.748. The zero-order valence-corrected chi connectivity index (χ0v) is 16.7. The van der Waals surface area contributed by atoms with E-state index in [9.17, 15) is 4.79 Å². The van der Waals surface area contributed by atoms with Crippen LogP contribution in [0.2, 0.25) is 0 Å². The van der Waals surface area contributed by atoms with Crippen LogP contribution in [0.5, 0.6) is 0 Å². The van der Waals surface area contributed by atoms with Crippen LogP contribution in [0.25, 0.3) is 0 Å². The lowest BCUT2D eigenvalue weighted by molar-refractivity contribution is -0.172. The summed E-state index contributed by atoms with van der Waals surface area (Å²) in [7, 11) is 0. The van der Waals surface area contributed by atoms with E-state index in [4.69, 9.17) is 9.47 Å². The predicted octanol–water partition coefficient (Wildman–Crippen LogP) is 3.33. The van der Waals surface area contributed by atoms with Crippen LogP contribution >= 0.6 is 0 Å². The van der Waals surface area contributed by atoms with Crippen molar-refractivity contribution in [2.45, 2.75) is 64.9 Å². The molecule has 1 aliphatic heterocycles. The van der Waals surface area contributed by atoms with Gasteiger partial charge in [-0.15, -0.1) is 0 Å². The Morgan fingerprint density at radius 3 is 2.46 bits per heavy atom. The summed E-state index contributed by atoms with van der Waals surface area (Å²) in [5, 5.41) is 0. The van der Waals surface area contributed by atoms with Crippen molar-refractivity contribution in [1.82, 2.24) is 9.88 Å². The summed E-state index contributed by atoms with van der Waals surface area (Å²) in [6, 6.07) is 2.23. The lowest BCUT2D eigenvalue weighted by Gasteiger charge is -2.46. The van der Waals surface area contributed by atoms with Gasteiger partial charge in [0.1, 0.15) is 11.6 Å². The number of carbonyl (C=O) groups excluding carboxylic acids is 1. The molecule has 0 spiro atoms. The van der Waals surface area contributed by atoms with Crippen molar-refractivity contribution >= 4 is 5.97 Å². The van der Waals surface area contributed by atoms with Gasteiger partial charge in [0.25, 0.3) is 0 Å². The van der Waals surface area contributed by atoms with Crippen molar-refractivity contribution < 1.29 is 18.7 Å². The number of aromatic nitrogens is 1. The number of morpholine rings is 1. The number of esters is 1. The van der Waals surface area contributed by atoms with E-state index in [1.807, 2.05) is 39.5 Å². The number of hydrogen-bond donors (Lipinski definition) is 0. The summed E-state index contributed by atoms with van der Waals surface area (Å²) >= 11 is 0. The number of rotatable bonds is 5. The number of carbonyl (C=O) groups is 1. The van der Waals surface area contributed by atoms with Crippen molar-refractivity contribution in [3.05, 3.63) is 30.1 Å². The SMILES string of the molecule is CC(C)[C@@H](C(=O)OC(C)(C)C)N1CCOC[C@@H]1[C@](C)(F)c1ccncc1. The van der Waals surface area contributed by atoms with Gasteiger partial charge < -0.3 is 9.47 Å². The minimum Gasteiger partial charge on any atom is -0.459 e. The van der Waals surface area contributed by atoms with Crippen molar-refractivity contribution in [3.63, 3.8) is 0 Å². The molecule has 5 nitrogen and oxygen atoms in total. The highest BCUT2D eigenvalue weighted by molar-refractivity contribution is 5.76. The smallest absolute Gasteiger partial charge is 0.324 e. The zero-order chi connectivity index (χ0) is 19.5. The van der Waals surface area contributed by atoms with Crippen LogP contribution in [0.4, 0.5) is 4.39 Å². The lowest BCUT2D eigenvalue weighted by atomic mass is 9.87. The van der Waals surface area contributed by atoms with Crippen LogP contribution in [0.3, 0.4) is 0 Å². The lowest BCUT2D eigenvalue weighted by Crippen LogP contribution is -2.61. The third-order valence-corrected chi connectivity index (χ3v) is 4.68. The maximum absolute atomic E-state index is 15.9. The third kappa shape index (κ3) is 4.80. The molecule has 3 atom stereocenters. The van der Waals surface area contributed by atoms with Crippen LogP contribution in [0, 0.1) is 5.92 Å². The molecule has 0 aromatic carbocycles. The highest BCUT2D eigenvalue weighted by atomic mass is 19.1. The molecule has 0 unspecified atom stereocenters. The van der Waals surface area contributed by atoms with Crippen LogP contribution in [0.15, 0.2) is 24.5 Å². The summed E-state index contributed by atoms with van der Waals surface area (Å²) in [6.07, 6.45) is 3.16. The number of halogens is 1. The fraction of sp³-hybridized carbons (Fsp3) is 0.700. The van der Waals surface area contributed by atoms with Crippen LogP contribution in [0.1, 0.15) is 47.1 Å². The predicted molar refractivity (Wildman–Crippen MR) is 98.5 cm³/mol. The number of nitrogens with zero attached hydrogens (tertiary/aromatic N) is 2. The Bertz CT molecular complexity index is 599. The van der Waals surface area contributed by atoms with Gasteiger partial charge in [-0.05, 0) is 51.3 Å². The molecule has 0 aliphatic carbocycles. The van der Waals surface area contributed by atoms with Gasteiger partial charge >= 0.3 is 5.97 Å². The second-order valence-corrected chi connectivity index (χ2v) is 8.36. The van der Waals surface area contributed by atoms with Crippen molar-refractivity contribution in [2.24, 2.45) is 5.92 Å². The fourth-order valence-corrected chi connectivity index (χ4v) is 3.44. The van der Waals surface area contributed by atoms with Crippen LogP contribution < -0.4 is 0 Å². The first-order valence-electron chi connectivity index (χ1n) is 9.20. The summed E-state index contributed by atoms with van der Waals surface area (Å²) in [5.74, 6) is -0.330. The largest absolute Gasteiger partial charge is 0.459 e. The molecular weight excluding hydrogens is 335 g/mol. The molecule has 0 saturated carbocycles. The molecule has 0 amide bonds.